The third-order valence-corrected chi connectivity index (χ3v) is 4.89. The summed E-state index contributed by atoms with van der Waals surface area (Å²) in [4.78, 5) is 4.56. The van der Waals surface area contributed by atoms with Crippen molar-refractivity contribution >= 4 is 34.5 Å². The van der Waals surface area contributed by atoms with Gasteiger partial charge in [-0.15, -0.1) is 11.3 Å². The van der Waals surface area contributed by atoms with Crippen LogP contribution < -0.4 is 5.32 Å². The number of thiazole rings is 1. The molecule has 0 spiro atoms. The fraction of sp³-hybridized carbons (Fsp3) is 0.357. The molecule has 3 rings (SSSR count). The first kappa shape index (κ1) is 14.3. The van der Waals surface area contributed by atoms with Crippen molar-refractivity contribution in [2.24, 2.45) is 0 Å². The van der Waals surface area contributed by atoms with Crippen LogP contribution in [0.25, 0.3) is 11.3 Å². The van der Waals surface area contributed by atoms with Gasteiger partial charge in [0.15, 0.2) is 0 Å². The Morgan fingerprint density at radius 1 is 1.35 bits per heavy atom. The second-order valence-electron chi connectivity index (χ2n) is 4.87. The zero-order valence-corrected chi connectivity index (χ0v) is 13.0. The number of nitrogens with zero attached hydrogens (tertiary/aromatic N) is 1. The molecule has 0 saturated carbocycles. The van der Waals surface area contributed by atoms with Gasteiger partial charge in [0.2, 0.25) is 0 Å². The van der Waals surface area contributed by atoms with Crippen molar-refractivity contribution in [3.63, 3.8) is 0 Å². The van der Waals surface area contributed by atoms with E-state index in [2.05, 4.69) is 10.3 Å². The number of rotatable bonds is 3. The minimum Gasteiger partial charge on any atom is -0.314 e. The largest absolute Gasteiger partial charge is 0.314 e. The van der Waals surface area contributed by atoms with Crippen LogP contribution >= 0.6 is 34.5 Å². The molecule has 0 aliphatic carbocycles. The predicted octanol–water partition coefficient (Wildman–Crippen LogP) is 4.55. The molecule has 0 bridgehead atoms. The van der Waals surface area contributed by atoms with Crippen LogP contribution in [0.2, 0.25) is 10.0 Å². The lowest BCUT2D eigenvalue weighted by Gasteiger charge is -2.06. The third kappa shape index (κ3) is 2.98. The van der Waals surface area contributed by atoms with E-state index in [1.165, 1.54) is 25.0 Å². The van der Waals surface area contributed by atoms with E-state index in [0.717, 1.165) is 18.0 Å². The van der Waals surface area contributed by atoms with Gasteiger partial charge in [0, 0.05) is 23.4 Å². The Labute approximate surface area is 130 Å². The van der Waals surface area contributed by atoms with Crippen LogP contribution in [0, 0.1) is 5.82 Å². The molecular weight excluding hydrogens is 318 g/mol. The molecule has 1 aliphatic heterocycles. The molecule has 1 unspecified atom stereocenters. The lowest BCUT2D eigenvalue weighted by molar-refractivity contribution is 0.601. The first-order valence-corrected chi connectivity index (χ1v) is 8.10. The van der Waals surface area contributed by atoms with E-state index in [1.54, 1.807) is 11.3 Å². The Kier molecular flexibility index (Phi) is 4.26. The molecule has 2 nitrogen and oxygen atoms in total. The average molecular weight is 331 g/mol. The second kappa shape index (κ2) is 5.98. The normalized spacial score (nSPS) is 18.6. The lowest BCUT2D eigenvalue weighted by atomic mass is 10.1. The Bertz CT molecular complexity index is 624. The van der Waals surface area contributed by atoms with Crippen molar-refractivity contribution in [3.8, 4) is 11.3 Å². The Balaban J connectivity index is 1.84. The van der Waals surface area contributed by atoms with Gasteiger partial charge in [0.25, 0.3) is 0 Å². The highest BCUT2D eigenvalue weighted by atomic mass is 35.5. The smallest absolute Gasteiger partial charge is 0.142 e. The summed E-state index contributed by atoms with van der Waals surface area (Å²) in [5, 5.41) is 6.86. The van der Waals surface area contributed by atoms with Crippen LogP contribution in [0.4, 0.5) is 4.39 Å². The first-order valence-electron chi connectivity index (χ1n) is 6.46. The van der Waals surface area contributed by atoms with E-state index < -0.39 is 5.82 Å². The van der Waals surface area contributed by atoms with Gasteiger partial charge < -0.3 is 5.32 Å². The molecule has 1 aromatic carbocycles. The van der Waals surface area contributed by atoms with Crippen molar-refractivity contribution in [3.05, 3.63) is 38.4 Å². The van der Waals surface area contributed by atoms with E-state index in [-0.39, 0.29) is 5.02 Å². The first-order chi connectivity index (χ1) is 9.63. The van der Waals surface area contributed by atoms with Crippen LogP contribution in [0.1, 0.15) is 17.8 Å². The topological polar surface area (TPSA) is 24.9 Å². The summed E-state index contributed by atoms with van der Waals surface area (Å²) in [6.45, 7) is 1.08. The van der Waals surface area contributed by atoms with Gasteiger partial charge in [-0.05, 0) is 31.5 Å². The fourth-order valence-corrected chi connectivity index (χ4v) is 3.74. The number of hydrogen-bond acceptors (Lipinski definition) is 3. The molecule has 1 saturated heterocycles. The summed E-state index contributed by atoms with van der Waals surface area (Å²) in [5.41, 5.74) is 1.30. The van der Waals surface area contributed by atoms with Crippen molar-refractivity contribution in [1.82, 2.24) is 10.3 Å². The standard InChI is InChI=1S/C14H13Cl2FN2S/c15-10-6-11(16)12(17)5-9(10)13-7-20-14(19-13)4-8-2-1-3-18-8/h5-8,18H,1-4H2. The van der Waals surface area contributed by atoms with Crippen molar-refractivity contribution in [2.75, 3.05) is 6.54 Å². The zero-order valence-electron chi connectivity index (χ0n) is 10.6. The van der Waals surface area contributed by atoms with Crippen molar-refractivity contribution in [2.45, 2.75) is 25.3 Å². The fourth-order valence-electron chi connectivity index (χ4n) is 2.39. The Hall–Kier alpha value is -0.680. The van der Waals surface area contributed by atoms with E-state index in [0.29, 0.717) is 22.3 Å². The van der Waals surface area contributed by atoms with Crippen molar-refractivity contribution in [1.29, 1.82) is 0 Å². The van der Waals surface area contributed by atoms with E-state index >= 15 is 0 Å². The van der Waals surface area contributed by atoms with Gasteiger partial charge >= 0.3 is 0 Å². The molecule has 1 atom stereocenters. The number of aromatic nitrogens is 1. The highest BCUT2D eigenvalue weighted by Gasteiger charge is 2.17. The number of nitrogens with one attached hydrogen (secondary N) is 1. The minimum atomic E-state index is -0.474. The summed E-state index contributed by atoms with van der Waals surface area (Å²) in [5.74, 6) is -0.474. The predicted molar refractivity (Wildman–Crippen MR) is 82.3 cm³/mol. The SMILES string of the molecule is Fc1cc(-c2csc(CC3CCCN3)n2)c(Cl)cc1Cl. The maximum Gasteiger partial charge on any atom is 0.142 e. The molecule has 1 fully saturated rings. The van der Waals surface area contributed by atoms with E-state index in [1.807, 2.05) is 5.38 Å². The van der Waals surface area contributed by atoms with Crippen LogP contribution in [0.5, 0.6) is 0 Å². The zero-order chi connectivity index (χ0) is 14.1. The summed E-state index contributed by atoms with van der Waals surface area (Å²) in [6.07, 6.45) is 3.32. The third-order valence-electron chi connectivity index (χ3n) is 3.42. The monoisotopic (exact) mass is 330 g/mol. The second-order valence-corrected chi connectivity index (χ2v) is 6.63. The Morgan fingerprint density at radius 3 is 2.95 bits per heavy atom. The Morgan fingerprint density at radius 2 is 2.20 bits per heavy atom. The molecular formula is C14H13Cl2FN2S. The number of benzene rings is 1. The minimum absolute atomic E-state index is 0.0318. The molecule has 2 aromatic rings. The highest BCUT2D eigenvalue weighted by Crippen LogP contribution is 2.33. The summed E-state index contributed by atoms with van der Waals surface area (Å²) in [6, 6.07) is 3.27. The molecule has 0 radical (unpaired) electrons. The average Bonchev–Trinajstić information content (AvgIpc) is 3.06. The maximum absolute atomic E-state index is 13.6. The van der Waals surface area contributed by atoms with Crippen molar-refractivity contribution < 1.29 is 4.39 Å². The molecule has 1 aromatic heterocycles. The van der Waals surface area contributed by atoms with Gasteiger partial charge in [-0.3, -0.25) is 0 Å². The van der Waals surface area contributed by atoms with Gasteiger partial charge in [-0.1, -0.05) is 23.2 Å². The molecule has 1 aliphatic rings. The molecule has 6 heteroatoms. The molecule has 1 N–H and O–H groups in total. The van der Waals surface area contributed by atoms with Crippen LogP contribution in [-0.2, 0) is 6.42 Å². The van der Waals surface area contributed by atoms with Gasteiger partial charge in [0.1, 0.15) is 5.82 Å². The van der Waals surface area contributed by atoms with E-state index in [4.69, 9.17) is 23.2 Å². The lowest BCUT2D eigenvalue weighted by Crippen LogP contribution is -2.23. The van der Waals surface area contributed by atoms with Gasteiger partial charge in [0.05, 0.1) is 20.7 Å². The summed E-state index contributed by atoms with van der Waals surface area (Å²) >= 11 is 13.4. The molecule has 20 heavy (non-hydrogen) atoms. The van der Waals surface area contributed by atoms with E-state index in [9.17, 15) is 4.39 Å². The number of halogens is 3. The summed E-state index contributed by atoms with van der Waals surface area (Å²) < 4.78 is 13.6. The van der Waals surface area contributed by atoms with Gasteiger partial charge in [-0.25, -0.2) is 9.37 Å². The van der Waals surface area contributed by atoms with Crippen LogP contribution in [0.15, 0.2) is 17.5 Å². The van der Waals surface area contributed by atoms with Crippen LogP contribution in [0.3, 0.4) is 0 Å². The molecule has 2 heterocycles. The summed E-state index contributed by atoms with van der Waals surface area (Å²) in [7, 11) is 0. The molecule has 106 valence electrons. The number of hydrogen-bond donors (Lipinski definition) is 1. The quantitative estimate of drug-likeness (QED) is 0.835. The van der Waals surface area contributed by atoms with Crippen LogP contribution in [-0.4, -0.2) is 17.6 Å². The molecule has 0 amide bonds. The maximum atomic E-state index is 13.6. The van der Waals surface area contributed by atoms with Gasteiger partial charge in [-0.2, -0.15) is 0 Å². The highest BCUT2D eigenvalue weighted by molar-refractivity contribution is 7.10.